The van der Waals surface area contributed by atoms with Crippen LogP contribution in [0.25, 0.3) is 0 Å². The molecule has 0 radical (unpaired) electrons. The first-order valence-corrected chi connectivity index (χ1v) is 8.24. The fourth-order valence-corrected chi connectivity index (χ4v) is 3.70. The molecule has 0 atom stereocenters. The number of hydrogen-bond donors (Lipinski definition) is 0. The summed E-state index contributed by atoms with van der Waals surface area (Å²) in [6.07, 6.45) is 0. The lowest BCUT2D eigenvalue weighted by Gasteiger charge is -2.22. The van der Waals surface area contributed by atoms with Crippen molar-refractivity contribution in [2.45, 2.75) is 50.1 Å². The van der Waals surface area contributed by atoms with Crippen LogP contribution in [0.2, 0.25) is 0 Å². The fraction of sp³-hybridized carbons (Fsp3) is 0.467. The molecule has 1 aromatic carbocycles. The van der Waals surface area contributed by atoms with Gasteiger partial charge in [0.05, 0.1) is 0 Å². The van der Waals surface area contributed by atoms with Gasteiger partial charge in [0.1, 0.15) is 5.51 Å². The maximum absolute atomic E-state index is 4.08. The highest BCUT2D eigenvalue weighted by atomic mass is 32.2. The summed E-state index contributed by atoms with van der Waals surface area (Å²) in [5.74, 6) is 0.970. The molecule has 0 unspecified atom stereocenters. The van der Waals surface area contributed by atoms with Gasteiger partial charge in [0.2, 0.25) is 0 Å². The highest BCUT2D eigenvalue weighted by Gasteiger charge is 2.16. The van der Waals surface area contributed by atoms with E-state index >= 15 is 0 Å². The van der Waals surface area contributed by atoms with Crippen molar-refractivity contribution in [3.8, 4) is 0 Å². The smallest absolute Gasteiger partial charge is 0.146 e. The van der Waals surface area contributed by atoms with Gasteiger partial charge in [-0.25, -0.2) is 0 Å². The highest BCUT2D eigenvalue weighted by Crippen LogP contribution is 2.31. The lowest BCUT2D eigenvalue weighted by Crippen LogP contribution is -2.12. The maximum atomic E-state index is 4.08. The standard InChI is InChI=1S/C15H20N2S2/c1-10-6-12(15(3,4)5)7-11(2)13(10)8-18-14-17-16-9-19-14/h6-7,9H,8H2,1-5H3. The summed E-state index contributed by atoms with van der Waals surface area (Å²) < 4.78 is 1.04. The zero-order chi connectivity index (χ0) is 14.0. The molecule has 0 aliphatic rings. The predicted octanol–water partition coefficient (Wildman–Crippen LogP) is 4.74. The molecule has 1 heterocycles. The Hall–Kier alpha value is -0.870. The largest absolute Gasteiger partial charge is 0.174 e. The topological polar surface area (TPSA) is 25.8 Å². The summed E-state index contributed by atoms with van der Waals surface area (Å²) >= 11 is 3.37. The van der Waals surface area contributed by atoms with Crippen LogP contribution in [0.15, 0.2) is 22.0 Å². The van der Waals surface area contributed by atoms with Crippen LogP contribution in [-0.4, -0.2) is 10.2 Å². The quantitative estimate of drug-likeness (QED) is 0.764. The first kappa shape index (κ1) is 14.5. The molecule has 0 spiro atoms. The predicted molar refractivity (Wildman–Crippen MR) is 84.1 cm³/mol. The van der Waals surface area contributed by atoms with Gasteiger partial charge < -0.3 is 0 Å². The van der Waals surface area contributed by atoms with Gasteiger partial charge in [-0.1, -0.05) is 56.0 Å². The molecule has 0 saturated carbocycles. The molecule has 0 aliphatic carbocycles. The van der Waals surface area contributed by atoms with Crippen molar-refractivity contribution < 1.29 is 0 Å². The van der Waals surface area contributed by atoms with E-state index in [1.807, 2.05) is 0 Å². The molecule has 2 aromatic rings. The van der Waals surface area contributed by atoms with Crippen LogP contribution in [0.4, 0.5) is 0 Å². The number of hydrogen-bond acceptors (Lipinski definition) is 4. The summed E-state index contributed by atoms with van der Waals surface area (Å²) in [5.41, 5.74) is 7.58. The SMILES string of the molecule is Cc1cc(C(C)(C)C)cc(C)c1CSc1nncs1. The zero-order valence-corrected chi connectivity index (χ0v) is 13.8. The van der Waals surface area contributed by atoms with Gasteiger partial charge in [-0.05, 0) is 41.5 Å². The summed E-state index contributed by atoms with van der Waals surface area (Å²) in [6, 6.07) is 4.64. The number of rotatable bonds is 3. The van der Waals surface area contributed by atoms with E-state index in [1.165, 1.54) is 22.3 Å². The molecule has 4 heteroatoms. The van der Waals surface area contributed by atoms with Crippen LogP contribution < -0.4 is 0 Å². The lowest BCUT2D eigenvalue weighted by molar-refractivity contribution is 0.589. The minimum Gasteiger partial charge on any atom is -0.146 e. The molecule has 0 fully saturated rings. The van der Waals surface area contributed by atoms with Crippen LogP contribution in [0.1, 0.15) is 43.0 Å². The Labute approximate surface area is 123 Å². The average Bonchev–Trinajstić information content (AvgIpc) is 2.79. The van der Waals surface area contributed by atoms with Crippen molar-refractivity contribution in [2.24, 2.45) is 0 Å². The van der Waals surface area contributed by atoms with Crippen LogP contribution >= 0.6 is 23.1 Å². The number of thioether (sulfide) groups is 1. The monoisotopic (exact) mass is 292 g/mol. The summed E-state index contributed by atoms with van der Waals surface area (Å²) in [6.45, 7) is 11.2. The first-order chi connectivity index (χ1) is 8.88. The molecule has 0 N–H and O–H groups in total. The Morgan fingerprint density at radius 3 is 2.26 bits per heavy atom. The molecule has 19 heavy (non-hydrogen) atoms. The van der Waals surface area contributed by atoms with E-state index in [9.17, 15) is 0 Å². The van der Waals surface area contributed by atoms with Gasteiger partial charge in [0, 0.05) is 5.75 Å². The summed E-state index contributed by atoms with van der Waals surface area (Å²) in [7, 11) is 0. The summed E-state index contributed by atoms with van der Waals surface area (Å²) in [5, 5.41) is 7.95. The maximum Gasteiger partial charge on any atom is 0.174 e. The number of aromatic nitrogens is 2. The van der Waals surface area contributed by atoms with Crippen molar-refractivity contribution >= 4 is 23.1 Å². The van der Waals surface area contributed by atoms with Crippen LogP contribution in [0.5, 0.6) is 0 Å². The average molecular weight is 292 g/mol. The molecule has 0 amide bonds. The van der Waals surface area contributed by atoms with E-state index in [0.717, 1.165) is 10.1 Å². The minimum absolute atomic E-state index is 0.209. The summed E-state index contributed by atoms with van der Waals surface area (Å²) in [4.78, 5) is 0. The van der Waals surface area contributed by atoms with Crippen molar-refractivity contribution in [3.05, 3.63) is 39.9 Å². The Morgan fingerprint density at radius 1 is 1.16 bits per heavy atom. The Balaban J connectivity index is 2.22. The van der Waals surface area contributed by atoms with Crippen LogP contribution in [0, 0.1) is 13.8 Å². The minimum atomic E-state index is 0.209. The molecule has 2 rings (SSSR count). The number of nitrogens with zero attached hydrogens (tertiary/aromatic N) is 2. The van der Waals surface area contributed by atoms with Gasteiger partial charge in [-0.2, -0.15) is 0 Å². The molecule has 0 aliphatic heterocycles. The molecule has 2 nitrogen and oxygen atoms in total. The number of aryl methyl sites for hydroxylation is 2. The zero-order valence-electron chi connectivity index (χ0n) is 12.2. The molecule has 0 bridgehead atoms. The van der Waals surface area contributed by atoms with E-state index in [0.29, 0.717) is 0 Å². The Morgan fingerprint density at radius 2 is 1.79 bits per heavy atom. The first-order valence-electron chi connectivity index (χ1n) is 6.37. The van der Waals surface area contributed by atoms with Crippen molar-refractivity contribution in [1.29, 1.82) is 0 Å². The van der Waals surface area contributed by atoms with Gasteiger partial charge >= 0.3 is 0 Å². The molecule has 102 valence electrons. The van der Waals surface area contributed by atoms with E-state index in [4.69, 9.17) is 0 Å². The van der Waals surface area contributed by atoms with E-state index < -0.39 is 0 Å². The molecule has 0 saturated heterocycles. The van der Waals surface area contributed by atoms with Gasteiger partial charge in [-0.15, -0.1) is 10.2 Å². The lowest BCUT2D eigenvalue weighted by atomic mass is 9.84. The molecular weight excluding hydrogens is 272 g/mol. The normalized spacial score (nSPS) is 11.8. The van der Waals surface area contributed by atoms with E-state index in [-0.39, 0.29) is 5.41 Å². The molecular formula is C15H20N2S2. The fourth-order valence-electron chi connectivity index (χ4n) is 2.01. The third kappa shape index (κ3) is 3.57. The second-order valence-corrected chi connectivity index (χ2v) is 7.89. The second-order valence-electron chi connectivity index (χ2n) is 5.83. The van der Waals surface area contributed by atoms with Crippen molar-refractivity contribution in [1.82, 2.24) is 10.2 Å². The third-order valence-corrected chi connectivity index (χ3v) is 5.13. The van der Waals surface area contributed by atoms with E-state index in [1.54, 1.807) is 28.6 Å². The highest BCUT2D eigenvalue weighted by molar-refractivity contribution is 8.00. The van der Waals surface area contributed by atoms with Crippen LogP contribution in [0.3, 0.4) is 0 Å². The Bertz CT molecular complexity index is 531. The molecule has 1 aromatic heterocycles. The Kier molecular flexibility index (Phi) is 4.31. The van der Waals surface area contributed by atoms with Crippen molar-refractivity contribution in [3.63, 3.8) is 0 Å². The number of benzene rings is 1. The third-order valence-electron chi connectivity index (χ3n) is 3.24. The van der Waals surface area contributed by atoms with E-state index in [2.05, 4.69) is 56.9 Å². The van der Waals surface area contributed by atoms with Crippen molar-refractivity contribution in [2.75, 3.05) is 0 Å². The van der Waals surface area contributed by atoms with Gasteiger partial charge in [-0.3, -0.25) is 0 Å². The van der Waals surface area contributed by atoms with Crippen LogP contribution in [-0.2, 0) is 11.2 Å². The van der Waals surface area contributed by atoms with Gasteiger partial charge in [0.15, 0.2) is 4.34 Å². The second kappa shape index (κ2) is 5.63. The van der Waals surface area contributed by atoms with Gasteiger partial charge in [0.25, 0.3) is 0 Å².